The lowest BCUT2D eigenvalue weighted by Gasteiger charge is -2.30. The number of hydrogen-bond acceptors (Lipinski definition) is 4. The van der Waals surface area contributed by atoms with Gasteiger partial charge >= 0.3 is 0 Å². The normalized spacial score (nSPS) is 19.6. The summed E-state index contributed by atoms with van der Waals surface area (Å²) in [7, 11) is 1.76. The van der Waals surface area contributed by atoms with E-state index in [4.69, 9.17) is 4.74 Å². The van der Waals surface area contributed by atoms with E-state index in [1.807, 2.05) is 6.92 Å². The molecule has 0 radical (unpaired) electrons. The number of hydrogen-bond donors (Lipinski definition) is 1. The molecule has 20 heavy (non-hydrogen) atoms. The first kappa shape index (κ1) is 17.4. The summed E-state index contributed by atoms with van der Waals surface area (Å²) < 4.78 is 5.22. The van der Waals surface area contributed by atoms with Crippen LogP contribution in [0.5, 0.6) is 0 Å². The van der Waals surface area contributed by atoms with E-state index in [1.165, 1.54) is 12.8 Å². The molecule has 1 rings (SSSR count). The highest BCUT2D eigenvalue weighted by molar-refractivity contribution is 5.03. The highest BCUT2D eigenvalue weighted by Crippen LogP contribution is 2.35. The molecule has 1 N–H and O–H groups in total. The predicted octanol–water partition coefficient (Wildman–Crippen LogP) is 2.41. The summed E-state index contributed by atoms with van der Waals surface area (Å²) in [4.78, 5) is 2.53. The maximum atomic E-state index is 9.28. The molecule has 0 spiro atoms. The zero-order chi connectivity index (χ0) is 15.0. The van der Waals surface area contributed by atoms with E-state index in [0.29, 0.717) is 6.04 Å². The molecule has 1 aliphatic rings. The molecule has 0 aromatic heterocycles. The zero-order valence-corrected chi connectivity index (χ0v) is 13.6. The molecule has 4 nitrogen and oxygen atoms in total. The molecule has 1 aliphatic carbocycles. The number of methoxy groups -OCH3 is 1. The van der Waals surface area contributed by atoms with Crippen molar-refractivity contribution in [2.75, 3.05) is 33.4 Å². The molecular formula is C16H31N3O. The van der Waals surface area contributed by atoms with Gasteiger partial charge in [0.1, 0.15) is 5.54 Å². The topological polar surface area (TPSA) is 48.3 Å². The number of nitrogens with zero attached hydrogens (tertiary/aromatic N) is 2. The van der Waals surface area contributed by atoms with Crippen molar-refractivity contribution in [2.24, 2.45) is 5.92 Å². The monoisotopic (exact) mass is 281 g/mol. The first-order valence-corrected chi connectivity index (χ1v) is 7.95. The summed E-state index contributed by atoms with van der Waals surface area (Å²) in [6.45, 7) is 10.1. The van der Waals surface area contributed by atoms with E-state index in [2.05, 4.69) is 30.1 Å². The van der Waals surface area contributed by atoms with Crippen LogP contribution in [-0.2, 0) is 4.74 Å². The van der Waals surface area contributed by atoms with Crippen LogP contribution in [0, 0.1) is 17.2 Å². The van der Waals surface area contributed by atoms with Crippen LogP contribution in [-0.4, -0.2) is 49.8 Å². The highest BCUT2D eigenvalue weighted by atomic mass is 16.5. The van der Waals surface area contributed by atoms with Crippen molar-refractivity contribution in [1.82, 2.24) is 10.2 Å². The third-order valence-corrected chi connectivity index (χ3v) is 4.40. The maximum absolute atomic E-state index is 9.28. The molecule has 1 saturated carbocycles. The SMILES string of the molecule is CCNC(C)(C#N)CCCN(CCOC)C(C)C1CC1. The van der Waals surface area contributed by atoms with Gasteiger partial charge in [-0.25, -0.2) is 0 Å². The number of nitrogens with one attached hydrogen (secondary N) is 1. The number of nitriles is 1. The van der Waals surface area contributed by atoms with Gasteiger partial charge in [0.15, 0.2) is 0 Å². The lowest BCUT2D eigenvalue weighted by atomic mass is 9.97. The fourth-order valence-corrected chi connectivity index (χ4v) is 2.81. The maximum Gasteiger partial charge on any atom is 0.103 e. The molecular weight excluding hydrogens is 250 g/mol. The van der Waals surface area contributed by atoms with Crippen LogP contribution in [0.1, 0.15) is 46.5 Å². The van der Waals surface area contributed by atoms with Crippen molar-refractivity contribution in [3.05, 3.63) is 0 Å². The van der Waals surface area contributed by atoms with Crippen molar-refractivity contribution in [1.29, 1.82) is 5.26 Å². The Balaban J connectivity index is 2.39. The van der Waals surface area contributed by atoms with Crippen molar-refractivity contribution in [3.63, 3.8) is 0 Å². The molecule has 0 aliphatic heterocycles. The molecule has 4 heteroatoms. The molecule has 2 atom stereocenters. The largest absolute Gasteiger partial charge is 0.383 e. The minimum absolute atomic E-state index is 0.384. The molecule has 0 bridgehead atoms. The smallest absolute Gasteiger partial charge is 0.103 e. The summed E-state index contributed by atoms with van der Waals surface area (Å²) >= 11 is 0. The summed E-state index contributed by atoms with van der Waals surface area (Å²) in [6.07, 6.45) is 4.70. The van der Waals surface area contributed by atoms with E-state index in [9.17, 15) is 5.26 Å². The minimum Gasteiger partial charge on any atom is -0.383 e. The molecule has 0 amide bonds. The van der Waals surface area contributed by atoms with Crippen molar-refractivity contribution in [2.45, 2.75) is 58.0 Å². The molecule has 2 unspecified atom stereocenters. The van der Waals surface area contributed by atoms with Gasteiger partial charge in [0, 0.05) is 19.7 Å². The summed E-state index contributed by atoms with van der Waals surface area (Å²) in [5.41, 5.74) is -0.384. The van der Waals surface area contributed by atoms with Crippen molar-refractivity contribution in [3.8, 4) is 6.07 Å². The average molecular weight is 281 g/mol. The lowest BCUT2D eigenvalue weighted by molar-refractivity contribution is 0.114. The summed E-state index contributed by atoms with van der Waals surface area (Å²) in [6, 6.07) is 3.06. The molecule has 0 aromatic rings. The first-order chi connectivity index (χ1) is 9.56. The van der Waals surface area contributed by atoms with Gasteiger partial charge < -0.3 is 4.74 Å². The Morgan fingerprint density at radius 3 is 2.65 bits per heavy atom. The minimum atomic E-state index is -0.384. The standard InChI is InChI=1S/C16H31N3O/c1-5-18-16(3,13-17)9-6-10-19(11-12-20-4)14(2)15-7-8-15/h14-15,18H,5-12H2,1-4H3. The Morgan fingerprint density at radius 1 is 1.45 bits per heavy atom. The van der Waals surface area contributed by atoms with Crippen LogP contribution in [0.2, 0.25) is 0 Å². The Hall–Kier alpha value is -0.630. The summed E-state index contributed by atoms with van der Waals surface area (Å²) in [5, 5.41) is 12.6. The number of rotatable bonds is 11. The molecule has 0 saturated heterocycles. The average Bonchev–Trinajstić information content (AvgIpc) is 3.26. The van der Waals surface area contributed by atoms with Gasteiger partial charge in [-0.1, -0.05) is 6.92 Å². The predicted molar refractivity (Wildman–Crippen MR) is 82.6 cm³/mol. The quantitative estimate of drug-likeness (QED) is 0.632. The summed E-state index contributed by atoms with van der Waals surface area (Å²) in [5.74, 6) is 0.878. The van der Waals surface area contributed by atoms with E-state index in [1.54, 1.807) is 7.11 Å². The van der Waals surface area contributed by atoms with Crippen LogP contribution >= 0.6 is 0 Å². The molecule has 0 aromatic carbocycles. The second-order valence-corrected chi connectivity index (χ2v) is 6.18. The third kappa shape index (κ3) is 5.78. The molecule has 0 heterocycles. The Labute approximate surface area is 124 Å². The van der Waals surface area contributed by atoms with Crippen LogP contribution in [0.3, 0.4) is 0 Å². The van der Waals surface area contributed by atoms with Crippen LogP contribution in [0.15, 0.2) is 0 Å². The van der Waals surface area contributed by atoms with E-state index in [-0.39, 0.29) is 5.54 Å². The second kappa shape index (κ2) is 8.61. The van der Waals surface area contributed by atoms with Crippen LogP contribution in [0.4, 0.5) is 0 Å². The lowest BCUT2D eigenvalue weighted by Crippen LogP contribution is -2.42. The van der Waals surface area contributed by atoms with Gasteiger partial charge in [-0.15, -0.1) is 0 Å². The zero-order valence-electron chi connectivity index (χ0n) is 13.6. The van der Waals surface area contributed by atoms with Gasteiger partial charge in [-0.2, -0.15) is 5.26 Å². The molecule has 1 fully saturated rings. The van der Waals surface area contributed by atoms with Crippen LogP contribution in [0.25, 0.3) is 0 Å². The molecule has 116 valence electrons. The van der Waals surface area contributed by atoms with Crippen LogP contribution < -0.4 is 5.32 Å². The third-order valence-electron chi connectivity index (χ3n) is 4.40. The second-order valence-electron chi connectivity index (χ2n) is 6.18. The van der Waals surface area contributed by atoms with Gasteiger partial charge in [-0.3, -0.25) is 10.2 Å². The van der Waals surface area contributed by atoms with Gasteiger partial charge in [-0.05, 0) is 58.5 Å². The number of ether oxygens (including phenoxy) is 1. The van der Waals surface area contributed by atoms with E-state index in [0.717, 1.165) is 45.0 Å². The Bertz CT molecular complexity index is 311. The fourth-order valence-electron chi connectivity index (χ4n) is 2.81. The first-order valence-electron chi connectivity index (χ1n) is 7.95. The van der Waals surface area contributed by atoms with E-state index < -0.39 is 0 Å². The fraction of sp³-hybridized carbons (Fsp3) is 0.938. The van der Waals surface area contributed by atoms with Crippen molar-refractivity contribution >= 4 is 0 Å². The van der Waals surface area contributed by atoms with Gasteiger partial charge in [0.2, 0.25) is 0 Å². The highest BCUT2D eigenvalue weighted by Gasteiger charge is 2.32. The van der Waals surface area contributed by atoms with Gasteiger partial charge in [0.25, 0.3) is 0 Å². The Kier molecular flexibility index (Phi) is 7.50. The van der Waals surface area contributed by atoms with Gasteiger partial charge in [0.05, 0.1) is 12.7 Å². The van der Waals surface area contributed by atoms with Crippen molar-refractivity contribution < 1.29 is 4.74 Å². The Morgan fingerprint density at radius 2 is 2.15 bits per heavy atom. The van der Waals surface area contributed by atoms with E-state index >= 15 is 0 Å².